The molecule has 0 unspecified atom stereocenters. The van der Waals surface area contributed by atoms with E-state index in [-0.39, 0.29) is 35.1 Å². The predicted octanol–water partition coefficient (Wildman–Crippen LogP) is 2.57. The van der Waals surface area contributed by atoms with Gasteiger partial charge in [-0.05, 0) is 29.8 Å². The summed E-state index contributed by atoms with van der Waals surface area (Å²) in [4.78, 5) is 17.0. The number of amidine groups is 1. The molecule has 0 aliphatic carbocycles. The summed E-state index contributed by atoms with van der Waals surface area (Å²) >= 11 is 1.47. The molecule has 4 rings (SSSR count). The number of carbonyl (C=O) groups excluding carboxylic acids is 1. The lowest BCUT2D eigenvalue weighted by Gasteiger charge is -2.12. The van der Waals surface area contributed by atoms with Crippen molar-refractivity contribution in [1.29, 1.82) is 0 Å². The molecule has 2 atom stereocenters. The van der Waals surface area contributed by atoms with Crippen LogP contribution in [0.4, 0.5) is 11.4 Å². The SMILES string of the molecule is COc1ccc(OC)c(NC(=O)Cc2ccc(NC3=N[C@@H]4CS(=O)(=O)C[C@H]4S3)cc2)c1. The lowest BCUT2D eigenvalue weighted by Crippen LogP contribution is -2.15. The van der Waals surface area contributed by atoms with E-state index in [2.05, 4.69) is 15.6 Å². The van der Waals surface area contributed by atoms with Gasteiger partial charge in [0.15, 0.2) is 15.0 Å². The molecule has 164 valence electrons. The maximum Gasteiger partial charge on any atom is 0.228 e. The van der Waals surface area contributed by atoms with Crippen molar-refractivity contribution < 1.29 is 22.7 Å². The minimum Gasteiger partial charge on any atom is -0.497 e. The van der Waals surface area contributed by atoms with Crippen LogP contribution in [0.15, 0.2) is 47.5 Å². The molecule has 2 aliphatic rings. The number of methoxy groups -OCH3 is 2. The van der Waals surface area contributed by atoms with Gasteiger partial charge in [-0.2, -0.15) is 0 Å². The monoisotopic (exact) mass is 461 g/mol. The zero-order valence-electron chi connectivity index (χ0n) is 17.1. The lowest BCUT2D eigenvalue weighted by atomic mass is 10.1. The Morgan fingerprint density at radius 1 is 1.13 bits per heavy atom. The van der Waals surface area contributed by atoms with Crippen molar-refractivity contribution in [2.45, 2.75) is 17.7 Å². The van der Waals surface area contributed by atoms with E-state index in [1.807, 2.05) is 24.3 Å². The Hall–Kier alpha value is -2.72. The van der Waals surface area contributed by atoms with E-state index in [4.69, 9.17) is 9.47 Å². The molecule has 2 aromatic rings. The highest BCUT2D eigenvalue weighted by atomic mass is 32.2. The van der Waals surface area contributed by atoms with Gasteiger partial charge in [-0.25, -0.2) is 8.42 Å². The largest absolute Gasteiger partial charge is 0.497 e. The van der Waals surface area contributed by atoms with Gasteiger partial charge in [0.2, 0.25) is 5.91 Å². The molecule has 1 fully saturated rings. The zero-order valence-corrected chi connectivity index (χ0v) is 18.8. The number of ether oxygens (including phenoxy) is 2. The van der Waals surface area contributed by atoms with Crippen molar-refractivity contribution >= 4 is 44.0 Å². The number of rotatable bonds is 6. The Labute approximate surface area is 185 Å². The van der Waals surface area contributed by atoms with Crippen molar-refractivity contribution in [3.8, 4) is 11.5 Å². The van der Waals surface area contributed by atoms with Crippen LogP contribution in [0.1, 0.15) is 5.56 Å². The van der Waals surface area contributed by atoms with E-state index >= 15 is 0 Å². The van der Waals surface area contributed by atoms with Gasteiger partial charge in [-0.3, -0.25) is 9.79 Å². The van der Waals surface area contributed by atoms with Gasteiger partial charge in [-0.15, -0.1) is 0 Å². The molecule has 2 N–H and O–H groups in total. The molecule has 0 saturated carbocycles. The third kappa shape index (κ3) is 5.13. The number of fused-ring (bicyclic) bond motifs is 1. The second-order valence-electron chi connectivity index (χ2n) is 7.35. The number of nitrogens with one attached hydrogen (secondary N) is 2. The molecular formula is C21H23N3O5S2. The highest BCUT2D eigenvalue weighted by Gasteiger charge is 2.42. The Kier molecular flexibility index (Phi) is 6.10. The number of nitrogens with zero attached hydrogens (tertiary/aromatic N) is 1. The summed E-state index contributed by atoms with van der Waals surface area (Å²) in [6, 6.07) is 12.6. The number of thioether (sulfide) groups is 1. The highest BCUT2D eigenvalue weighted by Crippen LogP contribution is 2.34. The topological polar surface area (TPSA) is 106 Å². The van der Waals surface area contributed by atoms with E-state index in [0.717, 1.165) is 16.4 Å². The van der Waals surface area contributed by atoms with Crippen LogP contribution in [0.3, 0.4) is 0 Å². The van der Waals surface area contributed by atoms with Gasteiger partial charge < -0.3 is 20.1 Å². The van der Waals surface area contributed by atoms with Crippen LogP contribution < -0.4 is 20.1 Å². The van der Waals surface area contributed by atoms with Gasteiger partial charge in [0.05, 0.1) is 43.9 Å². The maximum absolute atomic E-state index is 12.5. The standard InChI is InChI=1S/C21H23N3O5S2/c1-28-15-7-8-18(29-2)16(10-15)23-20(25)9-13-3-5-14(6-4-13)22-21-24-17-11-31(26,27)12-19(17)30-21/h3-8,10,17,19H,9,11-12H2,1-2H3,(H,22,24)(H,23,25)/t17-,19-/m1/s1. The number of carbonyl (C=O) groups is 1. The predicted molar refractivity (Wildman–Crippen MR) is 123 cm³/mol. The normalized spacial score (nSPS) is 21.2. The summed E-state index contributed by atoms with van der Waals surface area (Å²) in [5, 5.41) is 6.83. The fraction of sp³-hybridized carbons (Fsp3) is 0.333. The first-order valence-electron chi connectivity index (χ1n) is 9.68. The molecule has 1 amide bonds. The number of aliphatic imine (C=N–C) groups is 1. The molecule has 2 aliphatic heterocycles. The van der Waals surface area contributed by atoms with Crippen LogP contribution in [0, 0.1) is 0 Å². The number of anilines is 2. The number of amides is 1. The average molecular weight is 462 g/mol. The lowest BCUT2D eigenvalue weighted by molar-refractivity contribution is -0.115. The molecular weight excluding hydrogens is 438 g/mol. The fourth-order valence-corrected chi connectivity index (χ4v) is 7.21. The van der Waals surface area contributed by atoms with Crippen molar-refractivity contribution in [1.82, 2.24) is 0 Å². The third-order valence-corrected chi connectivity index (χ3v) is 8.21. The first-order chi connectivity index (χ1) is 14.8. The molecule has 2 heterocycles. The summed E-state index contributed by atoms with van der Waals surface area (Å²) in [6.45, 7) is 0. The van der Waals surface area contributed by atoms with Gasteiger partial charge in [0.25, 0.3) is 0 Å². The Bertz CT molecular complexity index is 1120. The van der Waals surface area contributed by atoms with E-state index in [1.165, 1.54) is 11.8 Å². The smallest absolute Gasteiger partial charge is 0.228 e. The Morgan fingerprint density at radius 3 is 2.58 bits per heavy atom. The second kappa shape index (κ2) is 8.80. The number of sulfone groups is 1. The molecule has 10 heteroatoms. The van der Waals surface area contributed by atoms with E-state index in [0.29, 0.717) is 17.2 Å². The quantitative estimate of drug-likeness (QED) is 0.681. The number of benzene rings is 2. The van der Waals surface area contributed by atoms with E-state index < -0.39 is 9.84 Å². The van der Waals surface area contributed by atoms with Crippen LogP contribution in [0.2, 0.25) is 0 Å². The minimum atomic E-state index is -2.96. The van der Waals surface area contributed by atoms with Crippen molar-refractivity contribution in [3.63, 3.8) is 0 Å². The molecule has 31 heavy (non-hydrogen) atoms. The van der Waals surface area contributed by atoms with Crippen LogP contribution >= 0.6 is 11.8 Å². The molecule has 0 radical (unpaired) electrons. The Balaban J connectivity index is 1.34. The summed E-state index contributed by atoms with van der Waals surface area (Å²) in [6.07, 6.45) is 0.207. The first kappa shape index (κ1) is 21.5. The van der Waals surface area contributed by atoms with E-state index in [1.54, 1.807) is 32.4 Å². The van der Waals surface area contributed by atoms with Gasteiger partial charge in [-0.1, -0.05) is 23.9 Å². The average Bonchev–Trinajstić information content (AvgIpc) is 3.21. The van der Waals surface area contributed by atoms with Crippen molar-refractivity contribution in [3.05, 3.63) is 48.0 Å². The molecule has 8 nitrogen and oxygen atoms in total. The molecule has 1 saturated heterocycles. The minimum absolute atomic E-state index is 0.00377. The van der Waals surface area contributed by atoms with Crippen LogP contribution in [-0.4, -0.2) is 56.5 Å². The van der Waals surface area contributed by atoms with E-state index in [9.17, 15) is 13.2 Å². The fourth-order valence-electron chi connectivity index (χ4n) is 3.54. The first-order valence-corrected chi connectivity index (χ1v) is 12.4. The molecule has 2 aromatic carbocycles. The maximum atomic E-state index is 12.5. The third-order valence-electron chi connectivity index (χ3n) is 5.07. The number of hydrogen-bond donors (Lipinski definition) is 2. The highest BCUT2D eigenvalue weighted by molar-refractivity contribution is 8.15. The Morgan fingerprint density at radius 2 is 1.90 bits per heavy atom. The second-order valence-corrected chi connectivity index (χ2v) is 10.7. The summed E-state index contributed by atoms with van der Waals surface area (Å²) < 4.78 is 33.8. The van der Waals surface area contributed by atoms with Gasteiger partial charge >= 0.3 is 0 Å². The number of hydrogen-bond acceptors (Lipinski definition) is 8. The van der Waals surface area contributed by atoms with Crippen molar-refractivity contribution in [2.24, 2.45) is 4.99 Å². The van der Waals surface area contributed by atoms with Crippen LogP contribution in [-0.2, 0) is 21.1 Å². The van der Waals surface area contributed by atoms with Crippen LogP contribution in [0.25, 0.3) is 0 Å². The van der Waals surface area contributed by atoms with Gasteiger partial charge in [0.1, 0.15) is 11.5 Å². The molecule has 0 aromatic heterocycles. The summed E-state index contributed by atoms with van der Waals surface area (Å²) in [5.41, 5.74) is 2.25. The van der Waals surface area contributed by atoms with Crippen LogP contribution in [0.5, 0.6) is 11.5 Å². The molecule has 0 spiro atoms. The summed E-state index contributed by atoms with van der Waals surface area (Å²) in [5.74, 6) is 1.32. The summed E-state index contributed by atoms with van der Waals surface area (Å²) in [7, 11) is 0.148. The molecule has 0 bridgehead atoms. The van der Waals surface area contributed by atoms with Crippen molar-refractivity contribution in [2.75, 3.05) is 36.4 Å². The van der Waals surface area contributed by atoms with Gasteiger partial charge in [0, 0.05) is 17.0 Å². The zero-order chi connectivity index (χ0) is 22.0.